The second-order valence-corrected chi connectivity index (χ2v) is 7.76. The minimum atomic E-state index is -3.65. The number of carbonyl (C=O) groups is 3. The van der Waals surface area contributed by atoms with Crippen LogP contribution < -0.4 is 0 Å². The fraction of sp³-hybridized carbons (Fsp3) is 0.750. The van der Waals surface area contributed by atoms with Crippen LogP contribution in [-0.2, 0) is 25.0 Å². The van der Waals surface area contributed by atoms with Crippen molar-refractivity contribution in [1.29, 1.82) is 0 Å². The number of hydrogen-bond donors (Lipinski definition) is 0. The molecule has 0 fully saturated rings. The van der Waals surface area contributed by atoms with Gasteiger partial charge in [0.05, 0.1) is 0 Å². The van der Waals surface area contributed by atoms with Crippen molar-refractivity contribution >= 4 is 35.2 Å². The van der Waals surface area contributed by atoms with Gasteiger partial charge in [0, 0.05) is 0 Å². The summed E-state index contributed by atoms with van der Waals surface area (Å²) in [5, 5.41) is 0. The van der Waals surface area contributed by atoms with Gasteiger partial charge in [-0.1, -0.05) is 0 Å². The van der Waals surface area contributed by atoms with E-state index in [-0.39, 0.29) is 17.8 Å². The molecule has 7 heteroatoms. The van der Waals surface area contributed by atoms with Crippen LogP contribution >= 0.6 is 0 Å². The molecule has 0 bridgehead atoms. The van der Waals surface area contributed by atoms with Crippen molar-refractivity contribution in [3.63, 3.8) is 0 Å². The Morgan fingerprint density at radius 2 is 0.842 bits per heavy atom. The van der Waals surface area contributed by atoms with E-state index in [0.29, 0.717) is 0 Å². The Bertz CT molecular complexity index is 285. The van der Waals surface area contributed by atoms with Gasteiger partial charge in [-0.25, -0.2) is 0 Å². The predicted octanol–water partition coefficient (Wildman–Crippen LogP) is 1.57. The minimum absolute atomic E-state index is 0.372. The summed E-state index contributed by atoms with van der Waals surface area (Å²) in [6.45, 7) is 9.89. The predicted molar refractivity (Wildman–Crippen MR) is 68.5 cm³/mol. The normalized spacial score (nSPS) is 10.6. The van der Waals surface area contributed by atoms with E-state index in [1.165, 1.54) is 0 Å². The van der Waals surface area contributed by atoms with Gasteiger partial charge in [-0.3, -0.25) is 0 Å². The topological polar surface area (TPSA) is 78.9 Å². The summed E-state index contributed by atoms with van der Waals surface area (Å²) in [5.74, 6) is -2.70. The first-order valence-corrected chi connectivity index (χ1v) is 9.23. The van der Waals surface area contributed by atoms with E-state index < -0.39 is 35.2 Å². The molecule has 0 aromatic rings. The summed E-state index contributed by atoms with van der Waals surface area (Å²) in [5.41, 5.74) is 0. The fourth-order valence-corrected chi connectivity index (χ4v) is 3.97. The molecule has 0 N–H and O–H groups in total. The van der Waals surface area contributed by atoms with Crippen LogP contribution in [0.25, 0.3) is 0 Å². The molecule has 19 heavy (non-hydrogen) atoms. The third-order valence-corrected chi connectivity index (χ3v) is 4.72. The van der Waals surface area contributed by atoms with Gasteiger partial charge in [-0.15, -0.1) is 0 Å². The van der Waals surface area contributed by atoms with Crippen LogP contribution in [0.4, 0.5) is 0 Å². The first kappa shape index (κ1) is 18.0. The Morgan fingerprint density at radius 3 is 1.00 bits per heavy atom. The molecule has 0 amide bonds. The summed E-state index contributed by atoms with van der Waals surface area (Å²) >= 11 is -3.65. The number of hydrogen-bond acceptors (Lipinski definition) is 6. The molecular formula is C12H21GaO6. The van der Waals surface area contributed by atoms with E-state index in [4.69, 9.17) is 10.6 Å². The molecule has 0 saturated heterocycles. The molecule has 0 aromatic heterocycles. The summed E-state index contributed by atoms with van der Waals surface area (Å²) in [6.07, 6.45) is 0. The van der Waals surface area contributed by atoms with E-state index in [9.17, 15) is 14.4 Å². The molecule has 0 aliphatic carbocycles. The molecule has 0 atom stereocenters. The quantitative estimate of drug-likeness (QED) is 0.688. The maximum atomic E-state index is 11.5. The van der Waals surface area contributed by atoms with E-state index in [2.05, 4.69) is 0 Å². The monoisotopic (exact) mass is 330 g/mol. The zero-order valence-electron chi connectivity index (χ0n) is 12.3. The molecule has 0 aliphatic heterocycles. The number of rotatable bonds is 6. The molecule has 0 spiro atoms. The van der Waals surface area contributed by atoms with Crippen molar-refractivity contribution < 1.29 is 25.0 Å². The zero-order valence-corrected chi connectivity index (χ0v) is 14.7. The second kappa shape index (κ2) is 8.26. The van der Waals surface area contributed by atoms with Crippen molar-refractivity contribution in [3.8, 4) is 0 Å². The van der Waals surface area contributed by atoms with Crippen LogP contribution in [0.15, 0.2) is 0 Å². The van der Waals surface area contributed by atoms with Crippen LogP contribution in [-0.4, -0.2) is 35.2 Å². The molecule has 108 valence electrons. The van der Waals surface area contributed by atoms with E-state index in [0.717, 1.165) is 0 Å². The van der Waals surface area contributed by atoms with Gasteiger partial charge in [0.25, 0.3) is 0 Å². The third kappa shape index (κ3) is 7.27. The standard InChI is InChI=1S/3C4H8O2.Ga/c3*1-3(2)4(5)6;/h3*3H,1-2H3,(H,5,6);/q;;;+3/p-3. The van der Waals surface area contributed by atoms with Crippen molar-refractivity contribution in [1.82, 2.24) is 0 Å². The molecule has 0 aliphatic rings. The van der Waals surface area contributed by atoms with Crippen LogP contribution in [0.1, 0.15) is 41.5 Å². The van der Waals surface area contributed by atoms with Crippen LogP contribution in [0.5, 0.6) is 0 Å². The van der Waals surface area contributed by atoms with Crippen molar-refractivity contribution in [2.24, 2.45) is 17.8 Å². The molecule has 0 rings (SSSR count). The molecule has 0 heterocycles. The van der Waals surface area contributed by atoms with Gasteiger partial charge >= 0.3 is 119 Å². The van der Waals surface area contributed by atoms with Crippen molar-refractivity contribution in [3.05, 3.63) is 0 Å². The van der Waals surface area contributed by atoms with Gasteiger partial charge in [-0.2, -0.15) is 0 Å². The second-order valence-electron chi connectivity index (χ2n) is 5.06. The summed E-state index contributed by atoms with van der Waals surface area (Å²) in [6, 6.07) is 0. The molecule has 0 radical (unpaired) electrons. The van der Waals surface area contributed by atoms with Crippen molar-refractivity contribution in [2.75, 3.05) is 0 Å². The average Bonchev–Trinajstić information content (AvgIpc) is 2.27. The Kier molecular flexibility index (Phi) is 7.85. The van der Waals surface area contributed by atoms with Gasteiger partial charge in [0.15, 0.2) is 0 Å². The molecule has 0 unspecified atom stereocenters. The van der Waals surface area contributed by atoms with Crippen molar-refractivity contribution in [2.45, 2.75) is 41.5 Å². The molecule has 6 nitrogen and oxygen atoms in total. The first-order chi connectivity index (χ1) is 8.65. The maximum absolute atomic E-state index is 11.5. The Hall–Kier alpha value is -0.954. The van der Waals surface area contributed by atoms with Crippen LogP contribution in [0.3, 0.4) is 0 Å². The van der Waals surface area contributed by atoms with E-state index >= 15 is 0 Å². The van der Waals surface area contributed by atoms with E-state index in [1.54, 1.807) is 41.5 Å². The van der Waals surface area contributed by atoms with Gasteiger partial charge in [-0.05, 0) is 0 Å². The summed E-state index contributed by atoms with van der Waals surface area (Å²) < 4.78 is 15.0. The van der Waals surface area contributed by atoms with Gasteiger partial charge in [0.1, 0.15) is 0 Å². The van der Waals surface area contributed by atoms with Crippen LogP contribution in [0, 0.1) is 17.8 Å². The Morgan fingerprint density at radius 1 is 0.632 bits per heavy atom. The molecule has 0 saturated carbocycles. The van der Waals surface area contributed by atoms with Gasteiger partial charge < -0.3 is 0 Å². The SMILES string of the molecule is CC(C)C(=O)[O][Ga]([O]C(=O)C(C)C)[O]C(=O)C(C)C. The van der Waals surface area contributed by atoms with E-state index in [1.807, 2.05) is 0 Å². The summed E-state index contributed by atoms with van der Waals surface area (Å²) in [4.78, 5) is 34.5. The van der Waals surface area contributed by atoms with Gasteiger partial charge in [0.2, 0.25) is 0 Å². The Labute approximate surface area is 120 Å². The summed E-state index contributed by atoms with van der Waals surface area (Å²) in [7, 11) is 0. The average molecular weight is 331 g/mol. The molecule has 0 aromatic carbocycles. The number of carbonyl (C=O) groups excluding carboxylic acids is 3. The third-order valence-electron chi connectivity index (χ3n) is 2.05. The fourth-order valence-electron chi connectivity index (χ4n) is 0.765. The Balaban J connectivity index is 4.68. The zero-order chi connectivity index (χ0) is 15.2. The first-order valence-electron chi connectivity index (χ1n) is 6.26. The molecular weight excluding hydrogens is 310 g/mol. The van der Waals surface area contributed by atoms with Crippen LogP contribution in [0.2, 0.25) is 0 Å².